The molecule has 1 radical (unpaired) electrons. The summed E-state index contributed by atoms with van der Waals surface area (Å²) in [4.78, 5) is 0. The Morgan fingerprint density at radius 1 is 1.00 bits per heavy atom. The normalized spacial score (nSPS) is 13.6. The molecule has 0 saturated carbocycles. The molecule has 1 aromatic rings. The molecule has 0 saturated heterocycles. The number of fused-ring (bicyclic) bond motifs is 1. The van der Waals surface area contributed by atoms with Gasteiger partial charge in [-0.25, -0.2) is 0 Å². The van der Waals surface area contributed by atoms with E-state index in [0.717, 1.165) is 0 Å². The van der Waals surface area contributed by atoms with E-state index in [9.17, 15) is 0 Å². The van der Waals surface area contributed by atoms with E-state index >= 15 is 0 Å². The van der Waals surface area contributed by atoms with Gasteiger partial charge in [0.1, 0.15) is 0 Å². The Labute approximate surface area is 99.2 Å². The Hall–Kier alpha value is -0.157. The van der Waals surface area contributed by atoms with Gasteiger partial charge in [0.2, 0.25) is 0 Å². The van der Waals surface area contributed by atoms with Crippen LogP contribution in [0.5, 0.6) is 0 Å². The molecule has 0 amide bonds. The first-order chi connectivity index (χ1) is 5.77. The smallest absolute Gasteiger partial charge is 0.0167 e. The van der Waals surface area contributed by atoms with Crippen LogP contribution in [0.3, 0.4) is 0 Å². The second-order valence-electron chi connectivity index (χ2n) is 3.57. The molecule has 0 aromatic heterocycles. The molecule has 1 aliphatic rings. The fourth-order valence-electron chi connectivity index (χ4n) is 1.51. The molecule has 0 fully saturated rings. The van der Waals surface area contributed by atoms with Crippen molar-refractivity contribution in [3.05, 3.63) is 47.4 Å². The van der Waals surface area contributed by atoms with Crippen molar-refractivity contribution in [1.29, 1.82) is 0 Å². The predicted octanol–water partition coefficient (Wildman–Crippen LogP) is 3.29. The Balaban J connectivity index is 0.000000845. The van der Waals surface area contributed by atoms with Crippen LogP contribution in [0.15, 0.2) is 29.8 Å². The first kappa shape index (κ1) is 10.9. The Bertz CT molecular complexity index is 324. The third kappa shape index (κ3) is 2.20. The van der Waals surface area contributed by atoms with Crippen molar-refractivity contribution >= 4 is 6.08 Å². The second kappa shape index (κ2) is 4.37. The van der Waals surface area contributed by atoms with Crippen molar-refractivity contribution in [2.75, 3.05) is 0 Å². The van der Waals surface area contributed by atoms with E-state index in [2.05, 4.69) is 50.6 Å². The van der Waals surface area contributed by atoms with Crippen molar-refractivity contribution < 1.29 is 26.2 Å². The Morgan fingerprint density at radius 3 is 2.15 bits per heavy atom. The first-order valence-corrected chi connectivity index (χ1v) is 4.43. The fourth-order valence-corrected chi connectivity index (χ4v) is 1.51. The topological polar surface area (TPSA) is 0 Å². The molecule has 65 valence electrons. The molecular weight excluding hydrogens is 235 g/mol. The summed E-state index contributed by atoms with van der Waals surface area (Å²) < 4.78 is 0. The summed E-state index contributed by atoms with van der Waals surface area (Å²) in [5.74, 6) is 0.636. The molecule has 1 heteroatoms. The van der Waals surface area contributed by atoms with E-state index in [4.69, 9.17) is 0 Å². The van der Waals surface area contributed by atoms with Crippen LogP contribution in [0.25, 0.3) is 6.08 Å². The maximum atomic E-state index is 2.28. The molecule has 13 heavy (non-hydrogen) atoms. The third-order valence-corrected chi connectivity index (χ3v) is 2.31. The summed E-state index contributed by atoms with van der Waals surface area (Å²) in [7, 11) is 0. The van der Waals surface area contributed by atoms with Gasteiger partial charge in [0.05, 0.1) is 0 Å². The van der Waals surface area contributed by atoms with E-state index < -0.39 is 0 Å². The zero-order chi connectivity index (χ0) is 8.55. The van der Waals surface area contributed by atoms with Gasteiger partial charge in [-0.05, 0) is 17.0 Å². The molecule has 0 atom stereocenters. The summed E-state index contributed by atoms with van der Waals surface area (Å²) in [5, 5.41) is 0. The van der Waals surface area contributed by atoms with Gasteiger partial charge in [0.15, 0.2) is 0 Å². The van der Waals surface area contributed by atoms with Gasteiger partial charge in [-0.1, -0.05) is 49.8 Å². The van der Waals surface area contributed by atoms with Crippen molar-refractivity contribution in [3.8, 4) is 0 Å². The van der Waals surface area contributed by atoms with Gasteiger partial charge < -0.3 is 0 Å². The number of rotatable bonds is 1. The van der Waals surface area contributed by atoms with Crippen LogP contribution in [0.2, 0.25) is 0 Å². The average molecular weight is 248 g/mol. The summed E-state index contributed by atoms with van der Waals surface area (Å²) in [6.45, 7) is 4.46. The van der Waals surface area contributed by atoms with E-state index in [0.29, 0.717) is 5.92 Å². The molecule has 0 spiro atoms. The number of hydrogen-bond acceptors (Lipinski definition) is 0. The van der Waals surface area contributed by atoms with Gasteiger partial charge in [0.25, 0.3) is 0 Å². The fraction of sp³-hybridized carbons (Fsp3) is 0.250. The van der Waals surface area contributed by atoms with Gasteiger partial charge in [-0.2, -0.15) is 0 Å². The number of hydrogen-bond donors (Lipinski definition) is 0. The summed E-state index contributed by atoms with van der Waals surface area (Å²) in [6.07, 6.45) is 4.56. The molecule has 0 aliphatic heterocycles. The minimum Gasteiger partial charge on any atom is -0.0619 e. The summed E-state index contributed by atoms with van der Waals surface area (Å²) >= 11 is 0. The van der Waals surface area contributed by atoms with Crippen LogP contribution in [-0.4, -0.2) is 0 Å². The zero-order valence-corrected chi connectivity index (χ0v) is 10.5. The predicted molar refractivity (Wildman–Crippen MR) is 52.7 cm³/mol. The Morgan fingerprint density at radius 2 is 1.62 bits per heavy atom. The van der Waals surface area contributed by atoms with Gasteiger partial charge in [0, 0.05) is 32.6 Å². The van der Waals surface area contributed by atoms with E-state index in [1.54, 1.807) is 0 Å². The Kier molecular flexibility index (Phi) is 3.67. The van der Waals surface area contributed by atoms with Crippen LogP contribution < -0.4 is 0 Å². The number of benzene rings is 1. The maximum Gasteiger partial charge on any atom is 0.0167 e. The molecule has 2 rings (SSSR count). The summed E-state index contributed by atoms with van der Waals surface area (Å²) in [6, 6.07) is 8.52. The van der Waals surface area contributed by atoms with Crippen LogP contribution >= 0.6 is 0 Å². The molecule has 0 heterocycles. The van der Waals surface area contributed by atoms with Crippen molar-refractivity contribution in [3.63, 3.8) is 0 Å². The maximum absolute atomic E-state index is 2.28. The van der Waals surface area contributed by atoms with E-state index in [1.807, 2.05) is 0 Å². The molecule has 0 unspecified atom stereocenters. The van der Waals surface area contributed by atoms with Crippen LogP contribution in [0.1, 0.15) is 25.0 Å². The minimum absolute atomic E-state index is 0. The molecule has 1 aliphatic carbocycles. The largest absolute Gasteiger partial charge is 0.0619 e. The monoisotopic (exact) mass is 247 g/mol. The van der Waals surface area contributed by atoms with Gasteiger partial charge in [-0.3, -0.25) is 0 Å². The number of allylic oxidation sites excluding steroid dienone is 1. The third-order valence-electron chi connectivity index (χ3n) is 2.31. The van der Waals surface area contributed by atoms with E-state index in [1.165, 1.54) is 16.7 Å². The molecule has 1 aromatic carbocycles. The van der Waals surface area contributed by atoms with Crippen LogP contribution in [-0.2, 0) is 26.2 Å². The van der Waals surface area contributed by atoms with Crippen molar-refractivity contribution in [2.24, 2.45) is 5.92 Å². The quantitative estimate of drug-likeness (QED) is 0.715. The van der Waals surface area contributed by atoms with Crippen LogP contribution in [0, 0.1) is 12.3 Å². The average Bonchev–Trinajstić information content (AvgIpc) is 2.46. The minimum atomic E-state index is 0. The SMILES string of the molecule is CC(C)C1=Cc2ccccc2[CH]1.[Zr]. The van der Waals surface area contributed by atoms with E-state index in [-0.39, 0.29) is 26.2 Å². The standard InChI is InChI=1S/C12H13.Zr/c1-9(2)12-7-10-5-3-4-6-11(10)8-12;/h3-9H,1-2H3;. The molecule has 0 nitrogen and oxygen atoms in total. The van der Waals surface area contributed by atoms with Gasteiger partial charge in [-0.15, -0.1) is 0 Å². The van der Waals surface area contributed by atoms with Crippen molar-refractivity contribution in [2.45, 2.75) is 13.8 Å². The van der Waals surface area contributed by atoms with Crippen molar-refractivity contribution in [1.82, 2.24) is 0 Å². The molecular formula is C12H13Zr. The second-order valence-corrected chi connectivity index (χ2v) is 3.57. The molecule has 0 bridgehead atoms. The van der Waals surface area contributed by atoms with Crippen LogP contribution in [0.4, 0.5) is 0 Å². The summed E-state index contributed by atoms with van der Waals surface area (Å²) in [5.41, 5.74) is 4.17. The molecule has 0 N–H and O–H groups in total. The first-order valence-electron chi connectivity index (χ1n) is 4.43. The van der Waals surface area contributed by atoms with Gasteiger partial charge >= 0.3 is 0 Å². The zero-order valence-electron chi connectivity index (χ0n) is 8.04.